The average molecular weight is 329 g/mol. The van der Waals surface area contributed by atoms with Crippen LogP contribution in [0.1, 0.15) is 37.7 Å². The second kappa shape index (κ2) is 8.29. The van der Waals surface area contributed by atoms with E-state index in [4.69, 9.17) is 0 Å². The zero-order valence-electron chi connectivity index (χ0n) is 14.2. The number of carbonyl (C=O) groups excluding carboxylic acids is 2. The van der Waals surface area contributed by atoms with Crippen LogP contribution >= 0.6 is 0 Å². The van der Waals surface area contributed by atoms with Gasteiger partial charge >= 0.3 is 0 Å². The number of likely N-dealkylation sites (tertiary alicyclic amines) is 1. The van der Waals surface area contributed by atoms with Gasteiger partial charge in [0, 0.05) is 12.6 Å². The second-order valence-corrected chi connectivity index (χ2v) is 6.86. The lowest BCUT2D eigenvalue weighted by Crippen LogP contribution is -2.49. The summed E-state index contributed by atoms with van der Waals surface area (Å²) in [4.78, 5) is 26.6. The first kappa shape index (κ1) is 17.0. The predicted molar refractivity (Wildman–Crippen MR) is 93.5 cm³/mol. The molecule has 0 bridgehead atoms. The Morgan fingerprint density at radius 2 is 2.00 bits per heavy atom. The first-order chi connectivity index (χ1) is 11.7. The molecule has 2 saturated heterocycles. The zero-order chi connectivity index (χ0) is 16.8. The molecule has 2 aliphatic rings. The third-order valence-electron chi connectivity index (χ3n) is 5.03. The highest BCUT2D eigenvalue weighted by atomic mass is 16.2. The molecule has 3 rings (SSSR count). The summed E-state index contributed by atoms with van der Waals surface area (Å²) in [6, 6.07) is 10.5. The van der Waals surface area contributed by atoms with Gasteiger partial charge in [0.05, 0.1) is 6.54 Å². The van der Waals surface area contributed by atoms with E-state index in [0.717, 1.165) is 51.6 Å². The standard InChI is InChI=1S/C19H27N3O2/c23-18(21-17-10-4-5-11-20-19(17)24)14-22-12-6-9-16(22)13-15-7-2-1-3-8-15/h1-3,7-8,16-17H,4-6,9-14H2,(H,20,24)(H,21,23)/t16-,17+/m1/s1. The highest BCUT2D eigenvalue weighted by molar-refractivity contribution is 5.88. The molecular weight excluding hydrogens is 302 g/mol. The predicted octanol–water partition coefficient (Wildman–Crippen LogP) is 1.48. The minimum Gasteiger partial charge on any atom is -0.354 e. The summed E-state index contributed by atoms with van der Waals surface area (Å²) < 4.78 is 0. The van der Waals surface area contributed by atoms with E-state index in [9.17, 15) is 9.59 Å². The number of nitrogens with one attached hydrogen (secondary N) is 2. The maximum atomic E-state index is 12.4. The Bertz CT molecular complexity index is 561. The fourth-order valence-electron chi connectivity index (χ4n) is 3.72. The number of benzene rings is 1. The normalized spacial score (nSPS) is 25.1. The molecule has 0 aliphatic carbocycles. The Labute approximate surface area is 143 Å². The van der Waals surface area contributed by atoms with Gasteiger partial charge in [0.25, 0.3) is 0 Å². The van der Waals surface area contributed by atoms with E-state index in [1.807, 2.05) is 6.07 Å². The fraction of sp³-hybridized carbons (Fsp3) is 0.579. The van der Waals surface area contributed by atoms with Crippen LogP contribution in [0.5, 0.6) is 0 Å². The molecule has 1 aromatic rings. The summed E-state index contributed by atoms with van der Waals surface area (Å²) in [6.45, 7) is 2.07. The van der Waals surface area contributed by atoms with Crippen molar-refractivity contribution in [3.05, 3.63) is 35.9 Å². The molecule has 0 unspecified atom stereocenters. The van der Waals surface area contributed by atoms with Gasteiger partial charge in [0.2, 0.25) is 11.8 Å². The first-order valence-electron chi connectivity index (χ1n) is 9.07. The third-order valence-corrected chi connectivity index (χ3v) is 5.03. The quantitative estimate of drug-likeness (QED) is 0.860. The number of amides is 2. The Kier molecular flexibility index (Phi) is 5.86. The van der Waals surface area contributed by atoms with Crippen molar-refractivity contribution in [1.29, 1.82) is 0 Å². The molecule has 2 fully saturated rings. The molecule has 2 N–H and O–H groups in total. The van der Waals surface area contributed by atoms with Crippen LogP contribution in [0.25, 0.3) is 0 Å². The number of nitrogens with zero attached hydrogens (tertiary/aromatic N) is 1. The van der Waals surface area contributed by atoms with Gasteiger partial charge in [-0.05, 0) is 50.6 Å². The Balaban J connectivity index is 1.52. The lowest BCUT2D eigenvalue weighted by molar-refractivity contribution is -0.129. The molecule has 0 saturated carbocycles. The highest BCUT2D eigenvalue weighted by Gasteiger charge is 2.28. The maximum Gasteiger partial charge on any atom is 0.242 e. The molecule has 0 aromatic heterocycles. The Morgan fingerprint density at radius 1 is 1.17 bits per heavy atom. The van der Waals surface area contributed by atoms with Crippen LogP contribution in [0.4, 0.5) is 0 Å². The van der Waals surface area contributed by atoms with Crippen molar-refractivity contribution in [2.75, 3.05) is 19.6 Å². The molecule has 0 spiro atoms. The number of rotatable bonds is 5. The van der Waals surface area contributed by atoms with Gasteiger partial charge in [-0.2, -0.15) is 0 Å². The van der Waals surface area contributed by atoms with Crippen LogP contribution in [0.15, 0.2) is 30.3 Å². The largest absolute Gasteiger partial charge is 0.354 e. The van der Waals surface area contributed by atoms with E-state index < -0.39 is 0 Å². The average Bonchev–Trinajstić information content (AvgIpc) is 2.90. The van der Waals surface area contributed by atoms with E-state index in [-0.39, 0.29) is 17.9 Å². The van der Waals surface area contributed by atoms with E-state index in [0.29, 0.717) is 12.6 Å². The van der Waals surface area contributed by atoms with E-state index in [2.05, 4.69) is 39.8 Å². The van der Waals surface area contributed by atoms with Crippen molar-refractivity contribution in [3.8, 4) is 0 Å². The lowest BCUT2D eigenvalue weighted by atomic mass is 10.0. The van der Waals surface area contributed by atoms with Crippen molar-refractivity contribution in [3.63, 3.8) is 0 Å². The minimum absolute atomic E-state index is 0.0305. The summed E-state index contributed by atoms with van der Waals surface area (Å²) in [6.07, 6.45) is 5.96. The molecule has 2 aliphatic heterocycles. The molecule has 1 aromatic carbocycles. The van der Waals surface area contributed by atoms with Gasteiger partial charge in [-0.1, -0.05) is 30.3 Å². The van der Waals surface area contributed by atoms with Crippen LogP contribution in [0.3, 0.4) is 0 Å². The summed E-state index contributed by atoms with van der Waals surface area (Å²) >= 11 is 0. The van der Waals surface area contributed by atoms with Gasteiger partial charge < -0.3 is 10.6 Å². The van der Waals surface area contributed by atoms with Crippen LogP contribution in [-0.4, -0.2) is 48.4 Å². The smallest absolute Gasteiger partial charge is 0.242 e. The van der Waals surface area contributed by atoms with E-state index in [1.165, 1.54) is 5.56 Å². The van der Waals surface area contributed by atoms with Crippen LogP contribution in [-0.2, 0) is 16.0 Å². The van der Waals surface area contributed by atoms with E-state index >= 15 is 0 Å². The fourth-order valence-corrected chi connectivity index (χ4v) is 3.72. The zero-order valence-corrected chi connectivity index (χ0v) is 14.2. The highest BCUT2D eigenvalue weighted by Crippen LogP contribution is 2.20. The summed E-state index contributed by atoms with van der Waals surface area (Å²) in [5, 5.41) is 5.80. The molecule has 130 valence electrons. The van der Waals surface area contributed by atoms with Crippen molar-refractivity contribution in [2.24, 2.45) is 0 Å². The third kappa shape index (κ3) is 4.57. The van der Waals surface area contributed by atoms with Gasteiger partial charge in [0.15, 0.2) is 0 Å². The SMILES string of the molecule is O=C(CN1CCC[C@@H]1Cc1ccccc1)N[C@H]1CCCCNC1=O. The van der Waals surface area contributed by atoms with Crippen LogP contribution in [0, 0.1) is 0 Å². The van der Waals surface area contributed by atoms with Crippen molar-refractivity contribution in [1.82, 2.24) is 15.5 Å². The topological polar surface area (TPSA) is 61.4 Å². The molecule has 0 radical (unpaired) electrons. The Hall–Kier alpha value is -1.88. The van der Waals surface area contributed by atoms with Crippen molar-refractivity contribution in [2.45, 2.75) is 50.6 Å². The molecule has 2 heterocycles. The second-order valence-electron chi connectivity index (χ2n) is 6.86. The van der Waals surface area contributed by atoms with Crippen molar-refractivity contribution < 1.29 is 9.59 Å². The monoisotopic (exact) mass is 329 g/mol. The molecule has 5 nitrogen and oxygen atoms in total. The van der Waals surface area contributed by atoms with Gasteiger partial charge in [-0.25, -0.2) is 0 Å². The summed E-state index contributed by atoms with van der Waals surface area (Å²) in [5.41, 5.74) is 1.32. The summed E-state index contributed by atoms with van der Waals surface area (Å²) in [7, 11) is 0. The first-order valence-corrected chi connectivity index (χ1v) is 9.07. The number of carbonyl (C=O) groups is 2. The van der Waals surface area contributed by atoms with E-state index in [1.54, 1.807) is 0 Å². The molecule has 2 atom stereocenters. The van der Waals surface area contributed by atoms with Crippen molar-refractivity contribution >= 4 is 11.8 Å². The lowest BCUT2D eigenvalue weighted by Gasteiger charge is -2.25. The molecule has 2 amide bonds. The van der Waals surface area contributed by atoms with Gasteiger partial charge in [-0.15, -0.1) is 0 Å². The maximum absolute atomic E-state index is 12.4. The molecule has 24 heavy (non-hydrogen) atoms. The van der Waals surface area contributed by atoms with Gasteiger partial charge in [0.1, 0.15) is 6.04 Å². The summed E-state index contributed by atoms with van der Waals surface area (Å²) in [5.74, 6) is -0.0693. The molecular formula is C19H27N3O2. The number of hydrogen-bond donors (Lipinski definition) is 2. The minimum atomic E-state index is -0.366. The van der Waals surface area contributed by atoms with Crippen LogP contribution in [0.2, 0.25) is 0 Å². The number of hydrogen-bond acceptors (Lipinski definition) is 3. The Morgan fingerprint density at radius 3 is 2.83 bits per heavy atom. The molecule has 5 heteroatoms. The van der Waals surface area contributed by atoms with Gasteiger partial charge in [-0.3, -0.25) is 14.5 Å². The van der Waals surface area contributed by atoms with Crippen LogP contribution < -0.4 is 10.6 Å².